The van der Waals surface area contributed by atoms with Crippen LogP contribution in [0.4, 0.5) is 0 Å². The van der Waals surface area contributed by atoms with E-state index in [1.54, 1.807) is 0 Å². The van der Waals surface area contributed by atoms with Crippen molar-refractivity contribution >= 4 is 37.4 Å². The van der Waals surface area contributed by atoms with Crippen LogP contribution in [0.2, 0.25) is 0 Å². The zero-order valence-electron chi connectivity index (χ0n) is 24.1. The van der Waals surface area contributed by atoms with Crippen LogP contribution >= 0.6 is 16.1 Å². The number of hydrogen-bond donors (Lipinski definition) is 0. The van der Waals surface area contributed by atoms with E-state index >= 15 is 0 Å². The minimum absolute atomic E-state index is 0.214. The Morgan fingerprint density at radius 2 is 0.762 bits per heavy atom. The van der Waals surface area contributed by atoms with Gasteiger partial charge in [0.2, 0.25) is 0 Å². The molecule has 0 amide bonds. The number of nitrogens with zero attached hydrogens (tertiary/aromatic N) is 1. The highest BCUT2D eigenvalue weighted by Crippen LogP contribution is 2.61. The van der Waals surface area contributed by atoms with Crippen LogP contribution in [-0.4, -0.2) is 36.9 Å². The van der Waals surface area contributed by atoms with Gasteiger partial charge in [0.05, 0.1) is 26.4 Å². The molecule has 5 nitrogen and oxygen atoms in total. The van der Waals surface area contributed by atoms with Crippen LogP contribution in [0.5, 0.6) is 23.0 Å². The van der Waals surface area contributed by atoms with E-state index in [9.17, 15) is 0 Å². The molecule has 4 heterocycles. The fourth-order valence-electron chi connectivity index (χ4n) is 6.71. The first-order valence-corrected chi connectivity index (χ1v) is 17.7. The summed E-state index contributed by atoms with van der Waals surface area (Å²) in [5.41, 5.74) is 5.20. The highest BCUT2D eigenvalue weighted by molar-refractivity contribution is 7.85. The molecule has 0 bridgehead atoms. The van der Waals surface area contributed by atoms with E-state index < -0.39 is 16.1 Å². The lowest BCUT2D eigenvalue weighted by Gasteiger charge is -2.42. The topological polar surface area (TPSA) is 40.2 Å². The van der Waals surface area contributed by atoms with Crippen molar-refractivity contribution in [2.75, 3.05) is 26.4 Å². The van der Waals surface area contributed by atoms with Crippen LogP contribution in [0, 0.1) is 0 Å². The molecule has 0 spiro atoms. The lowest BCUT2D eigenvalue weighted by molar-refractivity contribution is 0.358. The zero-order chi connectivity index (χ0) is 28.2. The Balaban J connectivity index is 1.42. The standard InChI is InChI=1S/C35H35NO4P2/c1-23(2)36(41(28-11-3-7-24-15-19-37-32(24)28)29-12-4-8-25-16-20-38-33(25)29)42(30-13-5-9-26-17-21-39-34(26)30)31-14-6-10-27-18-22-40-35(27)31/h3-14,23H,15-22H2,1-2H3. The minimum atomic E-state index is -1.06. The van der Waals surface area contributed by atoms with E-state index in [4.69, 9.17) is 18.9 Å². The molecule has 0 atom stereocenters. The summed E-state index contributed by atoms with van der Waals surface area (Å²) in [5.74, 6) is 4.24. The van der Waals surface area contributed by atoms with Gasteiger partial charge in [0.1, 0.15) is 23.0 Å². The second-order valence-corrected chi connectivity index (χ2v) is 15.8. The van der Waals surface area contributed by atoms with Gasteiger partial charge in [0.15, 0.2) is 0 Å². The summed E-state index contributed by atoms with van der Waals surface area (Å²) in [6, 6.07) is 27.2. The molecule has 0 saturated carbocycles. The Kier molecular flexibility index (Phi) is 6.86. The number of para-hydroxylation sites is 4. The zero-order valence-corrected chi connectivity index (χ0v) is 25.9. The van der Waals surface area contributed by atoms with Gasteiger partial charge in [-0.1, -0.05) is 48.5 Å². The van der Waals surface area contributed by atoms with Crippen LogP contribution in [0.25, 0.3) is 0 Å². The average molecular weight is 596 g/mol. The molecule has 0 saturated heterocycles. The maximum atomic E-state index is 6.43. The molecular formula is C35H35NO4P2. The van der Waals surface area contributed by atoms with Crippen molar-refractivity contribution in [3.63, 3.8) is 0 Å². The Morgan fingerprint density at radius 1 is 0.476 bits per heavy atom. The summed E-state index contributed by atoms with van der Waals surface area (Å²) in [7, 11) is -2.12. The molecule has 4 aromatic carbocycles. The van der Waals surface area contributed by atoms with Crippen LogP contribution in [0.15, 0.2) is 72.8 Å². The number of rotatable bonds is 7. The molecule has 7 heteroatoms. The quantitative estimate of drug-likeness (QED) is 0.263. The number of ether oxygens (including phenoxy) is 4. The maximum absolute atomic E-state index is 6.43. The Bertz CT molecular complexity index is 1440. The number of fused-ring (bicyclic) bond motifs is 4. The second kappa shape index (κ2) is 10.9. The van der Waals surface area contributed by atoms with Crippen LogP contribution < -0.4 is 40.2 Å². The van der Waals surface area contributed by atoms with E-state index in [0.29, 0.717) is 0 Å². The average Bonchev–Trinajstić information content (AvgIpc) is 3.83. The molecule has 4 aromatic rings. The van der Waals surface area contributed by atoms with Crippen molar-refractivity contribution in [1.29, 1.82) is 0 Å². The molecule has 0 unspecified atom stereocenters. The molecule has 4 aliphatic heterocycles. The molecule has 4 aliphatic rings. The first kappa shape index (κ1) is 26.5. The molecule has 0 radical (unpaired) electrons. The number of benzene rings is 4. The van der Waals surface area contributed by atoms with E-state index in [2.05, 4.69) is 91.1 Å². The summed E-state index contributed by atoms with van der Waals surface area (Å²) in [6.45, 7) is 7.61. The van der Waals surface area contributed by atoms with Crippen molar-refractivity contribution in [3.05, 3.63) is 95.1 Å². The summed E-state index contributed by atoms with van der Waals surface area (Å²) < 4.78 is 28.5. The van der Waals surface area contributed by atoms with Gasteiger partial charge in [-0.05, 0) is 60.4 Å². The Morgan fingerprint density at radius 3 is 1.02 bits per heavy atom. The predicted molar refractivity (Wildman–Crippen MR) is 172 cm³/mol. The fraction of sp³-hybridized carbons (Fsp3) is 0.314. The molecule has 0 aromatic heterocycles. The van der Waals surface area contributed by atoms with Gasteiger partial charge in [-0.25, -0.2) is 4.44 Å². The monoisotopic (exact) mass is 595 g/mol. The molecule has 42 heavy (non-hydrogen) atoms. The minimum Gasteiger partial charge on any atom is -0.492 e. The fourth-order valence-corrected chi connectivity index (χ4v) is 13.4. The van der Waals surface area contributed by atoms with Crippen LogP contribution in [0.1, 0.15) is 36.1 Å². The first-order valence-electron chi connectivity index (χ1n) is 15.1. The van der Waals surface area contributed by atoms with E-state index in [1.165, 1.54) is 43.5 Å². The van der Waals surface area contributed by atoms with Gasteiger partial charge in [-0.15, -0.1) is 0 Å². The van der Waals surface area contributed by atoms with Crippen LogP contribution in [0.3, 0.4) is 0 Å². The maximum Gasteiger partial charge on any atom is 0.131 e. The van der Waals surface area contributed by atoms with Gasteiger partial charge in [-0.3, -0.25) is 0 Å². The largest absolute Gasteiger partial charge is 0.492 e. The highest BCUT2D eigenvalue weighted by Gasteiger charge is 2.41. The predicted octanol–water partition coefficient (Wildman–Crippen LogP) is 5.53. The SMILES string of the molecule is CC(C)N(P(c1cccc2c1OCC2)c1cccc2c1OCC2)P(c1cccc2c1OCC2)c1cccc2c1OCC2. The third-order valence-electron chi connectivity index (χ3n) is 8.56. The summed E-state index contributed by atoms with van der Waals surface area (Å²) in [5, 5.41) is 5.08. The van der Waals surface area contributed by atoms with Crippen molar-refractivity contribution < 1.29 is 18.9 Å². The van der Waals surface area contributed by atoms with Gasteiger partial charge < -0.3 is 18.9 Å². The summed E-state index contributed by atoms with van der Waals surface area (Å²) >= 11 is 0. The highest BCUT2D eigenvalue weighted by atomic mass is 31.2. The second-order valence-electron chi connectivity index (χ2n) is 11.5. The third kappa shape index (κ3) is 4.32. The molecule has 8 rings (SSSR count). The van der Waals surface area contributed by atoms with Gasteiger partial charge in [0, 0.05) is 69.1 Å². The smallest absolute Gasteiger partial charge is 0.131 e. The normalized spacial score (nSPS) is 16.2. The summed E-state index contributed by atoms with van der Waals surface area (Å²) in [6.07, 6.45) is 3.80. The lowest BCUT2D eigenvalue weighted by Crippen LogP contribution is -2.37. The van der Waals surface area contributed by atoms with Crippen LogP contribution in [-0.2, 0) is 25.7 Å². The van der Waals surface area contributed by atoms with Crippen molar-refractivity contribution in [2.45, 2.75) is 45.6 Å². The van der Waals surface area contributed by atoms with E-state index in [0.717, 1.165) is 75.1 Å². The molecule has 0 N–H and O–H groups in total. The Hall–Kier alpha value is -3.10. The Labute approximate surface area is 250 Å². The van der Waals surface area contributed by atoms with E-state index in [1.807, 2.05) is 0 Å². The van der Waals surface area contributed by atoms with Gasteiger partial charge >= 0.3 is 0 Å². The van der Waals surface area contributed by atoms with Crippen molar-refractivity contribution in [3.8, 4) is 23.0 Å². The first-order chi connectivity index (χ1) is 20.7. The molecular weight excluding hydrogens is 560 g/mol. The van der Waals surface area contributed by atoms with Crippen molar-refractivity contribution in [2.24, 2.45) is 0 Å². The number of hydrogen-bond acceptors (Lipinski definition) is 5. The summed E-state index contributed by atoms with van der Waals surface area (Å²) in [4.78, 5) is 0. The van der Waals surface area contributed by atoms with Gasteiger partial charge in [0.25, 0.3) is 0 Å². The molecule has 0 fully saturated rings. The third-order valence-corrected chi connectivity index (χ3v) is 14.6. The van der Waals surface area contributed by atoms with E-state index in [-0.39, 0.29) is 6.04 Å². The molecule has 214 valence electrons. The lowest BCUT2D eigenvalue weighted by atomic mass is 10.2. The molecule has 0 aliphatic carbocycles. The van der Waals surface area contributed by atoms with Gasteiger partial charge in [-0.2, -0.15) is 0 Å². The van der Waals surface area contributed by atoms with Crippen molar-refractivity contribution in [1.82, 2.24) is 4.44 Å².